The average molecular weight is 792 g/mol. The van der Waals surface area contributed by atoms with Crippen LogP contribution in [0.1, 0.15) is 47.5 Å². The van der Waals surface area contributed by atoms with Crippen LogP contribution >= 0.6 is 0 Å². The Morgan fingerprint density at radius 3 is 1.53 bits per heavy atom. The van der Waals surface area contributed by atoms with Gasteiger partial charge in [0.05, 0.1) is 16.7 Å². The maximum Gasteiger partial charge on any atom is 0.134 e. The molecule has 292 valence electrons. The summed E-state index contributed by atoms with van der Waals surface area (Å²) < 4.78 is 2.41. The first-order valence-corrected chi connectivity index (χ1v) is 21.6. The number of anilines is 3. The van der Waals surface area contributed by atoms with Gasteiger partial charge in [-0.25, -0.2) is 4.98 Å². The Balaban J connectivity index is 0.953. The number of rotatable bonds is 5. The molecule has 0 unspecified atom stereocenters. The molecule has 2 heterocycles. The van der Waals surface area contributed by atoms with E-state index >= 15 is 0 Å². The van der Waals surface area contributed by atoms with Crippen LogP contribution in [0.15, 0.2) is 212 Å². The maximum absolute atomic E-state index is 5.67. The summed E-state index contributed by atoms with van der Waals surface area (Å²) >= 11 is 0. The lowest BCUT2D eigenvalue weighted by Gasteiger charge is -2.27. The molecule has 3 aliphatic rings. The number of para-hydroxylation sites is 1. The van der Waals surface area contributed by atoms with Crippen LogP contribution in [-0.2, 0) is 10.8 Å². The fourth-order valence-electron chi connectivity index (χ4n) is 11.1. The number of hydrogen-bond donors (Lipinski definition) is 0. The third-order valence-electron chi connectivity index (χ3n) is 14.0. The molecular formula is C59H41N3. The van der Waals surface area contributed by atoms with E-state index in [-0.39, 0.29) is 5.41 Å². The quantitative estimate of drug-likeness (QED) is 0.173. The van der Waals surface area contributed by atoms with E-state index in [1.807, 2.05) is 0 Å². The number of aromatic nitrogens is 2. The van der Waals surface area contributed by atoms with Crippen molar-refractivity contribution in [2.24, 2.45) is 0 Å². The van der Waals surface area contributed by atoms with Crippen LogP contribution in [0.3, 0.4) is 0 Å². The average Bonchev–Trinajstić information content (AvgIpc) is 4.01. The molecular weight excluding hydrogens is 751 g/mol. The number of hydrogen-bond acceptors (Lipinski definition) is 2. The second-order valence-corrected chi connectivity index (χ2v) is 17.5. The number of fused-ring (bicyclic) bond motifs is 15. The van der Waals surface area contributed by atoms with E-state index in [0.29, 0.717) is 0 Å². The van der Waals surface area contributed by atoms with Gasteiger partial charge in [0, 0.05) is 22.5 Å². The number of imidazole rings is 1. The van der Waals surface area contributed by atoms with E-state index in [0.717, 1.165) is 33.9 Å². The van der Waals surface area contributed by atoms with Gasteiger partial charge in [0.25, 0.3) is 0 Å². The predicted octanol–water partition coefficient (Wildman–Crippen LogP) is 14.8. The first kappa shape index (κ1) is 35.0. The van der Waals surface area contributed by atoms with Gasteiger partial charge in [-0.2, -0.15) is 0 Å². The van der Waals surface area contributed by atoms with Gasteiger partial charge < -0.3 is 4.90 Å². The Morgan fingerprint density at radius 2 is 0.871 bits per heavy atom. The van der Waals surface area contributed by atoms with Gasteiger partial charge in [0.15, 0.2) is 0 Å². The zero-order valence-electron chi connectivity index (χ0n) is 34.5. The molecule has 0 saturated carbocycles. The highest BCUT2D eigenvalue weighted by molar-refractivity contribution is 5.94. The molecule has 0 bridgehead atoms. The minimum atomic E-state index is -0.513. The van der Waals surface area contributed by atoms with E-state index in [4.69, 9.17) is 4.98 Å². The SMILES string of the molecule is CC1(C)c2ccccc2-c2ccc(-c3ccc(N(c4ccc(-c5ccccc5)cc4)c4ccc5c(c4)nc4n5-c5ccccc5C45c4ccccc4-c4ccccc45)cc3)cc21. The first-order chi connectivity index (χ1) is 30.5. The molecule has 1 aromatic heterocycles. The molecule has 1 aliphatic heterocycles. The van der Waals surface area contributed by atoms with Crippen molar-refractivity contribution in [1.29, 1.82) is 0 Å². The smallest absolute Gasteiger partial charge is 0.134 e. The highest BCUT2D eigenvalue weighted by Crippen LogP contribution is 2.60. The topological polar surface area (TPSA) is 21.1 Å². The fourth-order valence-corrected chi connectivity index (χ4v) is 11.1. The minimum Gasteiger partial charge on any atom is -0.310 e. The van der Waals surface area contributed by atoms with Crippen LogP contribution in [0, 0.1) is 0 Å². The molecule has 0 saturated heterocycles. The van der Waals surface area contributed by atoms with Gasteiger partial charge in [-0.15, -0.1) is 0 Å². The second-order valence-electron chi connectivity index (χ2n) is 17.5. The second kappa shape index (κ2) is 12.9. The van der Waals surface area contributed by atoms with Crippen molar-refractivity contribution in [2.45, 2.75) is 24.7 Å². The Kier molecular flexibility index (Phi) is 7.28. The summed E-state index contributed by atoms with van der Waals surface area (Å²) in [5, 5.41) is 0. The number of nitrogens with zero attached hydrogens (tertiary/aromatic N) is 3. The molecule has 3 heteroatoms. The Bertz CT molecular complexity index is 3380. The zero-order chi connectivity index (χ0) is 41.2. The molecule has 0 N–H and O–H groups in total. The summed E-state index contributed by atoms with van der Waals surface area (Å²) in [5.74, 6) is 1.05. The Morgan fingerprint density at radius 1 is 0.387 bits per heavy atom. The van der Waals surface area contributed by atoms with Crippen molar-refractivity contribution in [1.82, 2.24) is 9.55 Å². The molecule has 9 aromatic carbocycles. The normalized spacial score (nSPS) is 14.2. The lowest BCUT2D eigenvalue weighted by molar-refractivity contribution is 0.660. The summed E-state index contributed by atoms with van der Waals surface area (Å²) in [6.07, 6.45) is 0. The first-order valence-electron chi connectivity index (χ1n) is 21.6. The van der Waals surface area contributed by atoms with Crippen molar-refractivity contribution in [3.05, 3.63) is 246 Å². The molecule has 0 amide bonds. The molecule has 3 nitrogen and oxygen atoms in total. The van der Waals surface area contributed by atoms with Crippen molar-refractivity contribution >= 4 is 28.1 Å². The highest BCUT2D eigenvalue weighted by Gasteiger charge is 2.54. The van der Waals surface area contributed by atoms with Crippen LogP contribution in [0.2, 0.25) is 0 Å². The van der Waals surface area contributed by atoms with Crippen molar-refractivity contribution in [3.63, 3.8) is 0 Å². The van der Waals surface area contributed by atoms with Gasteiger partial charge in [0.1, 0.15) is 11.2 Å². The van der Waals surface area contributed by atoms with Crippen LogP contribution in [0.5, 0.6) is 0 Å². The third kappa shape index (κ3) is 4.73. The molecule has 2 aliphatic carbocycles. The third-order valence-corrected chi connectivity index (χ3v) is 14.0. The molecule has 0 fully saturated rings. The van der Waals surface area contributed by atoms with Gasteiger partial charge in [0.2, 0.25) is 0 Å². The highest BCUT2D eigenvalue weighted by atomic mass is 15.2. The van der Waals surface area contributed by atoms with Gasteiger partial charge in [-0.05, 0) is 127 Å². The van der Waals surface area contributed by atoms with Crippen molar-refractivity contribution in [2.75, 3.05) is 4.90 Å². The number of benzene rings is 9. The van der Waals surface area contributed by atoms with Gasteiger partial charge in [-0.1, -0.05) is 172 Å². The van der Waals surface area contributed by atoms with Crippen molar-refractivity contribution < 1.29 is 0 Å². The van der Waals surface area contributed by atoms with E-state index < -0.39 is 5.41 Å². The summed E-state index contributed by atoms with van der Waals surface area (Å²) in [7, 11) is 0. The molecule has 62 heavy (non-hydrogen) atoms. The fraction of sp³-hybridized carbons (Fsp3) is 0.0678. The molecule has 10 aromatic rings. The van der Waals surface area contributed by atoms with Crippen LogP contribution in [-0.4, -0.2) is 9.55 Å². The maximum atomic E-state index is 5.67. The molecule has 13 rings (SSSR count). The van der Waals surface area contributed by atoms with E-state index in [1.54, 1.807) is 0 Å². The van der Waals surface area contributed by atoms with E-state index in [9.17, 15) is 0 Å². The standard InChI is InChI=1S/C59H41N3/c1-58(2)49-19-9-6-16-45(49)48-34-28-41(36-53(48)58)40-26-31-43(32-27-40)61(42-29-24-39(25-30-42)38-14-4-3-5-15-38)44-33-35-56-54(37-44)60-57-59(52-22-12-13-23-55(52)62(56)57)50-20-10-7-17-46(50)47-18-8-11-21-51(47)59/h3-37H,1-2H3. The monoisotopic (exact) mass is 791 g/mol. The summed E-state index contributed by atoms with van der Waals surface area (Å²) in [5.41, 5.74) is 22.6. The van der Waals surface area contributed by atoms with Crippen LogP contribution in [0.4, 0.5) is 17.1 Å². The molecule has 0 radical (unpaired) electrons. The van der Waals surface area contributed by atoms with Gasteiger partial charge in [-0.3, -0.25) is 4.57 Å². The molecule has 0 atom stereocenters. The summed E-state index contributed by atoms with van der Waals surface area (Å²) in [6, 6.07) is 78.0. The summed E-state index contributed by atoms with van der Waals surface area (Å²) in [4.78, 5) is 8.04. The largest absolute Gasteiger partial charge is 0.310 e. The van der Waals surface area contributed by atoms with Crippen LogP contribution in [0.25, 0.3) is 61.2 Å². The lowest BCUT2D eigenvalue weighted by Crippen LogP contribution is -2.27. The van der Waals surface area contributed by atoms with Crippen molar-refractivity contribution in [3.8, 4) is 50.2 Å². The summed E-state index contributed by atoms with van der Waals surface area (Å²) in [6.45, 7) is 4.70. The van der Waals surface area contributed by atoms with Gasteiger partial charge >= 0.3 is 0 Å². The minimum absolute atomic E-state index is 0.0528. The van der Waals surface area contributed by atoms with E-state index in [2.05, 4.69) is 236 Å². The Hall–Kier alpha value is -7.75. The molecule has 1 spiro atoms. The zero-order valence-corrected chi connectivity index (χ0v) is 34.5. The Labute approximate surface area is 361 Å². The lowest BCUT2D eigenvalue weighted by atomic mass is 9.73. The predicted molar refractivity (Wildman–Crippen MR) is 255 cm³/mol. The van der Waals surface area contributed by atoms with Crippen LogP contribution < -0.4 is 4.90 Å². The van der Waals surface area contributed by atoms with E-state index in [1.165, 1.54) is 78.0 Å².